The topological polar surface area (TPSA) is 46.2 Å². The fraction of sp³-hybridized carbons (Fsp3) is 0.200. The Kier molecular flexibility index (Phi) is 4.62. The van der Waals surface area contributed by atoms with Gasteiger partial charge in [-0.3, -0.25) is 0 Å². The van der Waals surface area contributed by atoms with Gasteiger partial charge in [-0.25, -0.2) is 13.1 Å². The molecule has 0 saturated carbocycles. The van der Waals surface area contributed by atoms with E-state index in [0.717, 1.165) is 15.6 Å². The highest BCUT2D eigenvalue weighted by atomic mass is 79.9. The summed E-state index contributed by atoms with van der Waals surface area (Å²) in [4.78, 5) is 0.282. The van der Waals surface area contributed by atoms with Gasteiger partial charge >= 0.3 is 0 Å². The van der Waals surface area contributed by atoms with E-state index in [9.17, 15) is 8.42 Å². The molecule has 0 saturated heterocycles. The zero-order valence-corrected chi connectivity index (χ0v) is 13.7. The van der Waals surface area contributed by atoms with Gasteiger partial charge in [0.05, 0.1) is 4.90 Å². The molecule has 0 aliphatic rings. The van der Waals surface area contributed by atoms with E-state index in [-0.39, 0.29) is 10.9 Å². The molecule has 2 aromatic carbocycles. The fourth-order valence-electron chi connectivity index (χ4n) is 1.86. The van der Waals surface area contributed by atoms with E-state index in [1.165, 1.54) is 0 Å². The molecule has 0 aromatic heterocycles. The third-order valence-electron chi connectivity index (χ3n) is 3.01. The van der Waals surface area contributed by atoms with E-state index >= 15 is 0 Å². The molecular weight excluding hydrogens is 338 g/mol. The second kappa shape index (κ2) is 6.08. The minimum atomic E-state index is -3.50. The Balaban J connectivity index is 2.22. The summed E-state index contributed by atoms with van der Waals surface area (Å²) in [6.07, 6.45) is 0. The second-order valence-electron chi connectivity index (χ2n) is 4.71. The Morgan fingerprint density at radius 3 is 2.35 bits per heavy atom. The molecule has 0 spiro atoms. The molecule has 0 aliphatic carbocycles. The summed E-state index contributed by atoms with van der Waals surface area (Å²) in [6.45, 7) is 3.75. The zero-order valence-electron chi connectivity index (χ0n) is 11.3. The van der Waals surface area contributed by atoms with Crippen LogP contribution in [0.15, 0.2) is 57.9 Å². The lowest BCUT2D eigenvalue weighted by atomic mass is 10.1. The first-order valence-electron chi connectivity index (χ1n) is 6.23. The third-order valence-corrected chi connectivity index (χ3v) is 5.06. The Bertz CT molecular complexity index is 696. The number of sulfonamides is 1. The van der Waals surface area contributed by atoms with Crippen molar-refractivity contribution in [2.24, 2.45) is 0 Å². The van der Waals surface area contributed by atoms with Gasteiger partial charge in [0.15, 0.2) is 0 Å². The Hall–Kier alpha value is -1.17. The van der Waals surface area contributed by atoms with E-state index in [0.29, 0.717) is 0 Å². The molecule has 0 aliphatic heterocycles. The predicted molar refractivity (Wildman–Crippen MR) is 84.1 cm³/mol. The Morgan fingerprint density at radius 1 is 1.10 bits per heavy atom. The lowest BCUT2D eigenvalue weighted by Crippen LogP contribution is -2.26. The minimum Gasteiger partial charge on any atom is -0.207 e. The normalized spacial score (nSPS) is 13.2. The molecular formula is C15H16BrNO2S. The van der Waals surface area contributed by atoms with Crippen molar-refractivity contribution in [1.29, 1.82) is 0 Å². The van der Waals surface area contributed by atoms with Crippen molar-refractivity contribution >= 4 is 26.0 Å². The van der Waals surface area contributed by atoms with Gasteiger partial charge in [0, 0.05) is 10.5 Å². The molecule has 5 heteroatoms. The molecule has 0 heterocycles. The number of hydrogen-bond acceptors (Lipinski definition) is 2. The summed E-state index contributed by atoms with van der Waals surface area (Å²) < 4.78 is 28.2. The van der Waals surface area contributed by atoms with Crippen LogP contribution < -0.4 is 4.72 Å². The first-order valence-corrected chi connectivity index (χ1v) is 8.50. The number of hydrogen-bond donors (Lipinski definition) is 1. The maximum atomic E-state index is 12.3. The summed E-state index contributed by atoms with van der Waals surface area (Å²) in [7, 11) is -3.50. The second-order valence-corrected chi connectivity index (χ2v) is 7.34. The molecule has 2 aromatic rings. The predicted octanol–water partition coefficient (Wildman–Crippen LogP) is 3.80. The molecule has 0 fully saturated rings. The number of halogens is 1. The van der Waals surface area contributed by atoms with E-state index < -0.39 is 10.0 Å². The molecule has 0 bridgehead atoms. The van der Waals surface area contributed by atoms with Crippen molar-refractivity contribution in [2.45, 2.75) is 24.8 Å². The van der Waals surface area contributed by atoms with Gasteiger partial charge in [0.1, 0.15) is 0 Å². The van der Waals surface area contributed by atoms with Crippen molar-refractivity contribution in [3.05, 3.63) is 64.1 Å². The van der Waals surface area contributed by atoms with Crippen LogP contribution in [0.25, 0.3) is 0 Å². The highest BCUT2D eigenvalue weighted by Gasteiger charge is 2.18. The lowest BCUT2D eigenvalue weighted by molar-refractivity contribution is 0.567. The maximum absolute atomic E-state index is 12.3. The van der Waals surface area contributed by atoms with E-state index in [1.807, 2.05) is 38.1 Å². The molecule has 106 valence electrons. The van der Waals surface area contributed by atoms with Crippen molar-refractivity contribution in [3.63, 3.8) is 0 Å². The van der Waals surface area contributed by atoms with Gasteiger partial charge < -0.3 is 0 Å². The Morgan fingerprint density at radius 2 is 1.75 bits per heavy atom. The van der Waals surface area contributed by atoms with Crippen LogP contribution in [-0.2, 0) is 10.0 Å². The van der Waals surface area contributed by atoms with Crippen LogP contribution in [0.3, 0.4) is 0 Å². The average Bonchev–Trinajstić information content (AvgIpc) is 2.38. The number of benzene rings is 2. The van der Waals surface area contributed by atoms with Crippen LogP contribution in [-0.4, -0.2) is 8.42 Å². The Labute approximate surface area is 128 Å². The van der Waals surface area contributed by atoms with Crippen LogP contribution >= 0.6 is 15.9 Å². The van der Waals surface area contributed by atoms with Crippen LogP contribution in [0, 0.1) is 6.92 Å². The van der Waals surface area contributed by atoms with Crippen LogP contribution in [0.1, 0.15) is 24.1 Å². The molecule has 3 nitrogen and oxygen atoms in total. The van der Waals surface area contributed by atoms with Crippen molar-refractivity contribution in [3.8, 4) is 0 Å². The lowest BCUT2D eigenvalue weighted by Gasteiger charge is -2.15. The monoisotopic (exact) mass is 353 g/mol. The SMILES string of the molecule is Cc1ccc(S(=O)(=O)N[C@H](C)c2cccc(Br)c2)cc1. The summed E-state index contributed by atoms with van der Waals surface area (Å²) in [5, 5.41) is 0. The maximum Gasteiger partial charge on any atom is 0.241 e. The number of rotatable bonds is 4. The molecule has 1 atom stereocenters. The van der Waals surface area contributed by atoms with Crippen LogP contribution in [0.4, 0.5) is 0 Å². The molecule has 20 heavy (non-hydrogen) atoms. The summed E-state index contributed by atoms with van der Waals surface area (Å²) in [5.41, 5.74) is 1.94. The zero-order chi connectivity index (χ0) is 14.8. The van der Waals surface area contributed by atoms with Crippen LogP contribution in [0.5, 0.6) is 0 Å². The van der Waals surface area contributed by atoms with Gasteiger partial charge in [0.2, 0.25) is 10.0 Å². The van der Waals surface area contributed by atoms with Gasteiger partial charge in [-0.1, -0.05) is 45.8 Å². The summed E-state index contributed by atoms with van der Waals surface area (Å²) in [6, 6.07) is 14.1. The van der Waals surface area contributed by atoms with E-state index in [2.05, 4.69) is 20.7 Å². The average molecular weight is 354 g/mol. The standard InChI is InChI=1S/C15H16BrNO2S/c1-11-6-8-15(9-7-11)20(18,19)17-12(2)13-4-3-5-14(16)10-13/h3-10,12,17H,1-2H3/t12-/m1/s1. The first-order chi connectivity index (χ1) is 9.38. The number of nitrogens with one attached hydrogen (secondary N) is 1. The van der Waals surface area contributed by atoms with Gasteiger partial charge in [-0.15, -0.1) is 0 Å². The molecule has 0 radical (unpaired) electrons. The molecule has 2 rings (SSSR count). The van der Waals surface area contributed by atoms with Crippen LogP contribution in [0.2, 0.25) is 0 Å². The third kappa shape index (κ3) is 3.69. The summed E-state index contributed by atoms with van der Waals surface area (Å²) >= 11 is 3.39. The fourth-order valence-corrected chi connectivity index (χ4v) is 3.51. The van der Waals surface area contributed by atoms with Crippen molar-refractivity contribution in [2.75, 3.05) is 0 Å². The van der Waals surface area contributed by atoms with E-state index in [1.54, 1.807) is 24.3 Å². The van der Waals surface area contributed by atoms with E-state index in [4.69, 9.17) is 0 Å². The largest absolute Gasteiger partial charge is 0.241 e. The minimum absolute atomic E-state index is 0.282. The van der Waals surface area contributed by atoms with Gasteiger partial charge in [-0.05, 0) is 43.7 Å². The van der Waals surface area contributed by atoms with Gasteiger partial charge in [-0.2, -0.15) is 0 Å². The van der Waals surface area contributed by atoms with Crippen molar-refractivity contribution < 1.29 is 8.42 Å². The smallest absolute Gasteiger partial charge is 0.207 e. The first kappa shape index (κ1) is 15.2. The molecule has 0 unspecified atom stereocenters. The number of aryl methyl sites for hydroxylation is 1. The quantitative estimate of drug-likeness (QED) is 0.908. The highest BCUT2D eigenvalue weighted by molar-refractivity contribution is 9.10. The highest BCUT2D eigenvalue weighted by Crippen LogP contribution is 2.20. The van der Waals surface area contributed by atoms with Gasteiger partial charge in [0.25, 0.3) is 0 Å². The van der Waals surface area contributed by atoms with Crippen molar-refractivity contribution in [1.82, 2.24) is 4.72 Å². The summed E-state index contributed by atoms with van der Waals surface area (Å²) in [5.74, 6) is 0. The molecule has 0 amide bonds. The molecule has 1 N–H and O–H groups in total.